The van der Waals surface area contributed by atoms with Crippen LogP contribution in [-0.4, -0.2) is 52.7 Å². The van der Waals surface area contributed by atoms with Gasteiger partial charge in [0.2, 0.25) is 5.95 Å². The third kappa shape index (κ3) is 5.20. The standard InChI is InChI=1S/C32H37ClN6O/c1-21-18-25(12-13-28(21)38-16-14-37(3)15-17-38)35-32-34-20-27-22(2)29(23-8-7-9-24(33)19-23)31(40)39(30(27)36-32)26-10-5-4-6-11-26/h7-9,12-13,18-20,26H,4-6,10-11,14-17H2,1-3H3,(H,34,35,36). The van der Waals surface area contributed by atoms with Gasteiger partial charge in [-0.3, -0.25) is 9.36 Å². The van der Waals surface area contributed by atoms with Crippen LogP contribution in [0.3, 0.4) is 0 Å². The third-order valence-electron chi connectivity index (χ3n) is 8.56. The van der Waals surface area contributed by atoms with E-state index in [1.807, 2.05) is 42.0 Å². The number of nitrogens with one attached hydrogen (secondary N) is 1. The Bertz CT molecular complexity index is 1600. The number of hydrogen-bond donors (Lipinski definition) is 1. The van der Waals surface area contributed by atoms with Crippen molar-refractivity contribution in [3.63, 3.8) is 0 Å². The molecule has 3 heterocycles. The summed E-state index contributed by atoms with van der Waals surface area (Å²) in [5, 5.41) is 4.93. The van der Waals surface area contributed by atoms with Gasteiger partial charge in [0.15, 0.2) is 0 Å². The van der Waals surface area contributed by atoms with E-state index >= 15 is 0 Å². The second kappa shape index (κ2) is 11.2. The second-order valence-electron chi connectivity index (χ2n) is 11.3. The van der Waals surface area contributed by atoms with E-state index in [1.54, 1.807) is 0 Å². The van der Waals surface area contributed by atoms with Gasteiger partial charge in [0.1, 0.15) is 5.65 Å². The van der Waals surface area contributed by atoms with Gasteiger partial charge in [-0.25, -0.2) is 4.98 Å². The molecule has 2 fully saturated rings. The van der Waals surface area contributed by atoms with Crippen molar-refractivity contribution in [3.8, 4) is 11.1 Å². The molecule has 0 radical (unpaired) electrons. The van der Waals surface area contributed by atoms with E-state index in [4.69, 9.17) is 21.6 Å². The highest BCUT2D eigenvalue weighted by molar-refractivity contribution is 6.30. The summed E-state index contributed by atoms with van der Waals surface area (Å²) in [6.45, 7) is 8.36. The zero-order valence-electron chi connectivity index (χ0n) is 23.6. The van der Waals surface area contributed by atoms with Crippen molar-refractivity contribution in [3.05, 3.63) is 75.2 Å². The molecule has 1 aliphatic carbocycles. The van der Waals surface area contributed by atoms with Crippen LogP contribution < -0.4 is 15.8 Å². The summed E-state index contributed by atoms with van der Waals surface area (Å²) >= 11 is 6.33. The number of hydrogen-bond acceptors (Lipinski definition) is 6. The topological polar surface area (TPSA) is 66.3 Å². The lowest BCUT2D eigenvalue weighted by molar-refractivity contribution is 0.312. The number of anilines is 3. The molecule has 0 spiro atoms. The van der Waals surface area contributed by atoms with Gasteiger partial charge in [0.25, 0.3) is 5.56 Å². The predicted molar refractivity (Wildman–Crippen MR) is 165 cm³/mol. The summed E-state index contributed by atoms with van der Waals surface area (Å²) in [6, 6.07) is 14.1. The van der Waals surface area contributed by atoms with E-state index in [9.17, 15) is 4.79 Å². The van der Waals surface area contributed by atoms with E-state index in [1.165, 1.54) is 17.7 Å². The van der Waals surface area contributed by atoms with E-state index in [2.05, 4.69) is 47.3 Å². The maximum atomic E-state index is 14.2. The van der Waals surface area contributed by atoms with Crippen LogP contribution in [0.2, 0.25) is 5.02 Å². The van der Waals surface area contributed by atoms with Crippen LogP contribution in [0.15, 0.2) is 53.5 Å². The van der Waals surface area contributed by atoms with Crippen molar-refractivity contribution < 1.29 is 0 Å². The molecule has 2 aliphatic rings. The number of halogens is 1. The first-order valence-corrected chi connectivity index (χ1v) is 14.8. The lowest BCUT2D eigenvalue weighted by Crippen LogP contribution is -2.44. The van der Waals surface area contributed by atoms with Crippen LogP contribution in [-0.2, 0) is 0 Å². The Balaban J connectivity index is 1.39. The first kappa shape index (κ1) is 26.8. The summed E-state index contributed by atoms with van der Waals surface area (Å²) in [5.74, 6) is 0.498. The highest BCUT2D eigenvalue weighted by atomic mass is 35.5. The average molecular weight is 557 g/mol. The first-order chi connectivity index (χ1) is 19.4. The van der Waals surface area contributed by atoms with Crippen LogP contribution >= 0.6 is 11.6 Å². The van der Waals surface area contributed by atoms with Crippen molar-refractivity contribution >= 4 is 40.0 Å². The molecule has 1 N–H and O–H groups in total. The van der Waals surface area contributed by atoms with Gasteiger partial charge in [0.05, 0.1) is 5.56 Å². The molecule has 8 heteroatoms. The highest BCUT2D eigenvalue weighted by Gasteiger charge is 2.24. The smallest absolute Gasteiger partial charge is 0.260 e. The number of aromatic nitrogens is 3. The van der Waals surface area contributed by atoms with Crippen LogP contribution in [0.4, 0.5) is 17.3 Å². The molecule has 4 aromatic rings. The van der Waals surface area contributed by atoms with Crippen molar-refractivity contribution in [2.75, 3.05) is 43.4 Å². The Morgan fingerprint density at radius 2 is 1.75 bits per heavy atom. The molecule has 0 amide bonds. The molecule has 6 rings (SSSR count). The number of benzene rings is 2. The second-order valence-corrected chi connectivity index (χ2v) is 11.8. The lowest BCUT2D eigenvalue weighted by Gasteiger charge is -2.35. The molecule has 40 heavy (non-hydrogen) atoms. The molecule has 0 bridgehead atoms. The number of piperazine rings is 1. The van der Waals surface area contributed by atoms with Gasteiger partial charge in [0, 0.05) is 60.2 Å². The summed E-state index contributed by atoms with van der Waals surface area (Å²) in [5.41, 5.74) is 6.52. The maximum Gasteiger partial charge on any atom is 0.260 e. The zero-order valence-corrected chi connectivity index (χ0v) is 24.3. The van der Waals surface area contributed by atoms with Crippen LogP contribution in [0.25, 0.3) is 22.2 Å². The quantitative estimate of drug-likeness (QED) is 0.294. The predicted octanol–water partition coefficient (Wildman–Crippen LogP) is 6.73. The Morgan fingerprint density at radius 1 is 0.975 bits per heavy atom. The molecular formula is C32H37ClN6O. The fourth-order valence-electron chi connectivity index (χ4n) is 6.32. The minimum Gasteiger partial charge on any atom is -0.369 e. The molecule has 1 saturated heterocycles. The molecular weight excluding hydrogens is 520 g/mol. The molecule has 0 unspecified atom stereocenters. The largest absolute Gasteiger partial charge is 0.369 e. The lowest BCUT2D eigenvalue weighted by atomic mass is 9.93. The molecule has 7 nitrogen and oxygen atoms in total. The van der Waals surface area contributed by atoms with Gasteiger partial charge in [-0.2, -0.15) is 4.98 Å². The summed E-state index contributed by atoms with van der Waals surface area (Å²) in [6.07, 6.45) is 7.27. The zero-order chi connectivity index (χ0) is 27.8. The molecule has 2 aromatic heterocycles. The summed E-state index contributed by atoms with van der Waals surface area (Å²) in [7, 11) is 2.17. The normalized spacial score (nSPS) is 16.9. The van der Waals surface area contributed by atoms with Crippen LogP contribution in [0, 0.1) is 13.8 Å². The maximum absolute atomic E-state index is 14.2. The molecule has 1 saturated carbocycles. The molecule has 2 aromatic carbocycles. The number of aryl methyl sites for hydroxylation is 2. The van der Waals surface area contributed by atoms with Crippen LogP contribution in [0.5, 0.6) is 0 Å². The van der Waals surface area contributed by atoms with E-state index < -0.39 is 0 Å². The van der Waals surface area contributed by atoms with Crippen molar-refractivity contribution in [2.24, 2.45) is 0 Å². The summed E-state index contributed by atoms with van der Waals surface area (Å²) < 4.78 is 1.94. The highest BCUT2D eigenvalue weighted by Crippen LogP contribution is 2.34. The fourth-order valence-corrected chi connectivity index (χ4v) is 6.51. The number of nitrogens with zero attached hydrogens (tertiary/aromatic N) is 5. The Labute approximate surface area is 240 Å². The van der Waals surface area contributed by atoms with Crippen molar-refractivity contribution in [1.82, 2.24) is 19.4 Å². The third-order valence-corrected chi connectivity index (χ3v) is 8.79. The minimum absolute atomic E-state index is 0.00353. The monoisotopic (exact) mass is 556 g/mol. The molecule has 0 atom stereocenters. The van der Waals surface area contributed by atoms with Crippen molar-refractivity contribution in [2.45, 2.75) is 52.0 Å². The van der Waals surface area contributed by atoms with Gasteiger partial charge in [-0.05, 0) is 80.8 Å². The number of pyridine rings is 1. The number of fused-ring (bicyclic) bond motifs is 1. The Morgan fingerprint density at radius 3 is 2.48 bits per heavy atom. The number of rotatable bonds is 5. The Kier molecular flexibility index (Phi) is 7.51. The first-order valence-electron chi connectivity index (χ1n) is 14.4. The average Bonchev–Trinajstić information content (AvgIpc) is 2.94. The van der Waals surface area contributed by atoms with Gasteiger partial charge in [-0.1, -0.05) is 43.0 Å². The fraction of sp³-hybridized carbons (Fsp3) is 0.406. The number of likely N-dealkylation sites (N-methyl/N-ethyl adjacent to an activating group) is 1. The minimum atomic E-state index is -0.00353. The van der Waals surface area contributed by atoms with Gasteiger partial charge in [-0.15, -0.1) is 0 Å². The SMILES string of the molecule is Cc1cc(Nc2ncc3c(C)c(-c4cccc(Cl)c4)c(=O)n(C4CCCCC4)c3n2)ccc1N1CCN(C)CC1. The van der Waals surface area contributed by atoms with E-state index in [0.29, 0.717) is 22.2 Å². The molecule has 1 aliphatic heterocycles. The van der Waals surface area contributed by atoms with Crippen molar-refractivity contribution in [1.29, 1.82) is 0 Å². The molecule has 208 valence electrons. The van der Waals surface area contributed by atoms with E-state index in [0.717, 1.165) is 74.1 Å². The van der Waals surface area contributed by atoms with Gasteiger partial charge < -0.3 is 15.1 Å². The van der Waals surface area contributed by atoms with Crippen LogP contribution in [0.1, 0.15) is 49.3 Å². The van der Waals surface area contributed by atoms with E-state index in [-0.39, 0.29) is 11.6 Å². The van der Waals surface area contributed by atoms with Gasteiger partial charge >= 0.3 is 0 Å². The summed E-state index contributed by atoms with van der Waals surface area (Å²) in [4.78, 5) is 28.7. The Hall–Kier alpha value is -3.42.